The fraction of sp³-hybridized carbons (Fsp3) is 0.0625. The molecule has 0 N–H and O–H groups in total. The minimum Gasteiger partial charge on any atom is -0.233 e. The van der Waals surface area contributed by atoms with Crippen molar-refractivity contribution in [2.75, 3.05) is 0 Å². The lowest BCUT2D eigenvalue weighted by Crippen LogP contribution is -1.84. The van der Waals surface area contributed by atoms with Crippen molar-refractivity contribution in [2.24, 2.45) is 0 Å². The third kappa shape index (κ3) is 2.47. The number of nitrogens with zero attached hydrogens (tertiary/aromatic N) is 1. The highest BCUT2D eigenvalue weighted by molar-refractivity contribution is 7.13. The minimum atomic E-state index is 0.529. The Kier molecular flexibility index (Phi) is 3.79. The van der Waals surface area contributed by atoms with Gasteiger partial charge in [-0.25, -0.2) is 4.98 Å². The molecule has 20 heavy (non-hydrogen) atoms. The van der Waals surface area contributed by atoms with Crippen LogP contribution >= 0.6 is 34.5 Å². The van der Waals surface area contributed by atoms with Gasteiger partial charge in [-0.05, 0) is 18.6 Å². The molecule has 99 valence electrons. The number of aromatic nitrogens is 1. The van der Waals surface area contributed by atoms with E-state index in [0.717, 1.165) is 21.7 Å². The molecule has 3 rings (SSSR count). The summed E-state index contributed by atoms with van der Waals surface area (Å²) in [5.74, 6) is 0. The zero-order valence-electron chi connectivity index (χ0n) is 10.7. The van der Waals surface area contributed by atoms with Gasteiger partial charge in [0.25, 0.3) is 0 Å². The quantitative estimate of drug-likeness (QED) is 0.573. The van der Waals surface area contributed by atoms with Gasteiger partial charge in [-0.2, -0.15) is 0 Å². The highest BCUT2D eigenvalue weighted by atomic mass is 35.5. The van der Waals surface area contributed by atoms with Crippen molar-refractivity contribution in [1.29, 1.82) is 0 Å². The molecule has 1 nitrogen and oxygen atoms in total. The SMILES string of the molecule is Cc1ccc(-c2s[c]nc2-c2cccc(Cl)c2Cl)cc1. The van der Waals surface area contributed by atoms with Gasteiger partial charge in [0.05, 0.1) is 20.6 Å². The van der Waals surface area contributed by atoms with E-state index >= 15 is 0 Å². The first-order valence-corrected chi connectivity index (χ1v) is 7.62. The molecular formula is C16H10Cl2NS. The van der Waals surface area contributed by atoms with E-state index < -0.39 is 0 Å². The average molecular weight is 319 g/mol. The standard InChI is InChI=1S/C16H10Cl2NS/c1-10-5-7-11(8-6-10)16-15(19-9-20-16)12-3-2-4-13(17)14(12)18/h2-8H,1H3. The van der Waals surface area contributed by atoms with Gasteiger partial charge in [-0.1, -0.05) is 65.2 Å². The smallest absolute Gasteiger partial charge is 0.153 e. The zero-order valence-corrected chi connectivity index (χ0v) is 13.0. The first-order valence-electron chi connectivity index (χ1n) is 6.05. The number of thiazole rings is 1. The number of aryl methyl sites for hydroxylation is 1. The minimum absolute atomic E-state index is 0.529. The Morgan fingerprint density at radius 3 is 2.55 bits per heavy atom. The summed E-state index contributed by atoms with van der Waals surface area (Å²) >= 11 is 13.9. The van der Waals surface area contributed by atoms with Crippen molar-refractivity contribution in [2.45, 2.75) is 6.92 Å². The summed E-state index contributed by atoms with van der Waals surface area (Å²) < 4.78 is 0. The number of halogens is 2. The molecule has 0 aliphatic rings. The summed E-state index contributed by atoms with van der Waals surface area (Å²) in [4.78, 5) is 5.39. The lowest BCUT2D eigenvalue weighted by Gasteiger charge is -2.06. The van der Waals surface area contributed by atoms with Crippen molar-refractivity contribution < 1.29 is 0 Å². The Balaban J connectivity index is 2.15. The third-order valence-corrected chi connectivity index (χ3v) is 4.68. The van der Waals surface area contributed by atoms with Crippen molar-refractivity contribution >= 4 is 34.5 Å². The Hall–Kier alpha value is -1.35. The molecule has 0 amide bonds. The molecule has 1 aromatic heterocycles. The predicted octanol–water partition coefficient (Wildman–Crippen LogP) is 5.89. The maximum absolute atomic E-state index is 6.29. The zero-order chi connectivity index (χ0) is 14.1. The first kappa shape index (κ1) is 13.6. The lowest BCUT2D eigenvalue weighted by molar-refractivity contribution is 1.39. The predicted molar refractivity (Wildman–Crippen MR) is 86.6 cm³/mol. The Morgan fingerprint density at radius 2 is 1.80 bits per heavy atom. The molecule has 0 saturated carbocycles. The third-order valence-electron chi connectivity index (χ3n) is 3.04. The number of benzene rings is 2. The molecule has 0 fully saturated rings. The monoisotopic (exact) mass is 318 g/mol. The second-order valence-electron chi connectivity index (χ2n) is 4.45. The van der Waals surface area contributed by atoms with Crippen LogP contribution in [0.4, 0.5) is 0 Å². The molecule has 0 aliphatic heterocycles. The van der Waals surface area contributed by atoms with Gasteiger partial charge in [-0.3, -0.25) is 0 Å². The Labute approximate surface area is 131 Å². The molecule has 0 spiro atoms. The van der Waals surface area contributed by atoms with Crippen LogP contribution in [0.5, 0.6) is 0 Å². The van der Waals surface area contributed by atoms with Gasteiger partial charge in [0.2, 0.25) is 0 Å². The van der Waals surface area contributed by atoms with Crippen LogP contribution in [-0.2, 0) is 0 Å². The summed E-state index contributed by atoms with van der Waals surface area (Å²) in [5.41, 5.74) is 6.95. The Morgan fingerprint density at radius 1 is 1.05 bits per heavy atom. The van der Waals surface area contributed by atoms with Gasteiger partial charge in [-0.15, -0.1) is 11.3 Å². The first-order chi connectivity index (χ1) is 9.66. The van der Waals surface area contributed by atoms with Crippen LogP contribution in [-0.4, -0.2) is 4.98 Å². The van der Waals surface area contributed by atoms with Gasteiger partial charge in [0, 0.05) is 5.56 Å². The molecular weight excluding hydrogens is 309 g/mol. The number of hydrogen-bond acceptors (Lipinski definition) is 2. The number of hydrogen-bond donors (Lipinski definition) is 0. The molecule has 0 unspecified atom stereocenters. The molecule has 1 heterocycles. The van der Waals surface area contributed by atoms with Crippen LogP contribution in [0, 0.1) is 12.4 Å². The van der Waals surface area contributed by atoms with E-state index in [4.69, 9.17) is 23.2 Å². The van der Waals surface area contributed by atoms with Crippen molar-refractivity contribution in [3.05, 3.63) is 63.6 Å². The topological polar surface area (TPSA) is 12.9 Å². The van der Waals surface area contributed by atoms with Crippen LogP contribution in [0.1, 0.15) is 5.56 Å². The van der Waals surface area contributed by atoms with E-state index in [9.17, 15) is 0 Å². The molecule has 0 saturated heterocycles. The van der Waals surface area contributed by atoms with Gasteiger partial charge < -0.3 is 0 Å². The van der Waals surface area contributed by atoms with Gasteiger partial charge >= 0.3 is 0 Å². The van der Waals surface area contributed by atoms with Crippen molar-refractivity contribution in [3.8, 4) is 21.7 Å². The van der Waals surface area contributed by atoms with Gasteiger partial charge in [0.15, 0.2) is 5.51 Å². The molecule has 0 bridgehead atoms. The van der Waals surface area contributed by atoms with Crippen molar-refractivity contribution in [1.82, 2.24) is 4.98 Å². The van der Waals surface area contributed by atoms with E-state index in [0.29, 0.717) is 10.0 Å². The van der Waals surface area contributed by atoms with Crippen LogP contribution in [0.3, 0.4) is 0 Å². The highest BCUT2D eigenvalue weighted by Crippen LogP contribution is 2.39. The van der Waals surface area contributed by atoms with Crippen LogP contribution in [0.2, 0.25) is 10.0 Å². The lowest BCUT2D eigenvalue weighted by atomic mass is 10.1. The molecule has 0 atom stereocenters. The maximum Gasteiger partial charge on any atom is 0.153 e. The molecule has 3 aromatic rings. The van der Waals surface area contributed by atoms with E-state index in [1.165, 1.54) is 16.9 Å². The molecule has 4 heteroatoms. The maximum atomic E-state index is 6.29. The van der Waals surface area contributed by atoms with Crippen molar-refractivity contribution in [3.63, 3.8) is 0 Å². The summed E-state index contributed by atoms with van der Waals surface area (Å²) in [6.45, 7) is 2.07. The number of rotatable bonds is 2. The second kappa shape index (κ2) is 5.57. The molecule has 2 aromatic carbocycles. The fourth-order valence-corrected chi connectivity index (χ4v) is 3.11. The van der Waals surface area contributed by atoms with Crippen LogP contribution in [0.25, 0.3) is 21.7 Å². The van der Waals surface area contributed by atoms with E-state index in [1.54, 1.807) is 6.07 Å². The summed E-state index contributed by atoms with van der Waals surface area (Å²) in [7, 11) is 0. The normalized spacial score (nSPS) is 10.8. The van der Waals surface area contributed by atoms with E-state index in [1.807, 2.05) is 12.1 Å². The largest absolute Gasteiger partial charge is 0.233 e. The summed E-state index contributed by atoms with van der Waals surface area (Å²) in [5, 5.41) is 1.06. The fourth-order valence-electron chi connectivity index (χ4n) is 1.98. The van der Waals surface area contributed by atoms with Crippen LogP contribution in [0.15, 0.2) is 42.5 Å². The Bertz CT molecular complexity index is 747. The summed E-state index contributed by atoms with van der Waals surface area (Å²) in [6.07, 6.45) is 0. The summed E-state index contributed by atoms with van der Waals surface area (Å²) in [6, 6.07) is 13.9. The van der Waals surface area contributed by atoms with Crippen LogP contribution < -0.4 is 0 Å². The van der Waals surface area contributed by atoms with Gasteiger partial charge in [0.1, 0.15) is 0 Å². The molecule has 0 aliphatic carbocycles. The second-order valence-corrected chi connectivity index (χ2v) is 6.03. The average Bonchev–Trinajstić information content (AvgIpc) is 2.92. The highest BCUT2D eigenvalue weighted by Gasteiger charge is 2.15. The van der Waals surface area contributed by atoms with E-state index in [2.05, 4.69) is 41.7 Å². The molecule has 1 radical (unpaired) electrons. The van der Waals surface area contributed by atoms with E-state index in [-0.39, 0.29) is 0 Å².